The molecule has 202 valence electrons. The lowest BCUT2D eigenvalue weighted by Gasteiger charge is -2.71. The Morgan fingerprint density at radius 2 is 1.43 bits per heavy atom. The number of hydrogen-bond acceptors (Lipinski definition) is 5. The van der Waals surface area contributed by atoms with Gasteiger partial charge in [0.25, 0.3) is 0 Å². The minimum atomic E-state index is -1.12. The molecule has 1 heterocycles. The Bertz CT molecular complexity index is 865. The molecule has 0 radical (unpaired) electrons. The summed E-state index contributed by atoms with van der Waals surface area (Å²) in [6, 6.07) is 0. The van der Waals surface area contributed by atoms with E-state index >= 15 is 0 Å². The van der Waals surface area contributed by atoms with E-state index in [1.165, 1.54) is 0 Å². The molecule has 1 aliphatic heterocycles. The maximum absolute atomic E-state index is 12.5. The van der Waals surface area contributed by atoms with Crippen LogP contribution in [-0.4, -0.2) is 55.5 Å². The van der Waals surface area contributed by atoms with Crippen LogP contribution in [0.5, 0.6) is 0 Å². The summed E-state index contributed by atoms with van der Waals surface area (Å²) in [4.78, 5) is 0. The Labute approximate surface area is 213 Å². The van der Waals surface area contributed by atoms with E-state index < -0.39 is 22.9 Å². The van der Waals surface area contributed by atoms with Crippen LogP contribution in [0.1, 0.15) is 113 Å². The predicted molar refractivity (Wildman–Crippen MR) is 137 cm³/mol. The molecule has 4 saturated carbocycles. The largest absolute Gasteiger partial charge is 0.393 e. The van der Waals surface area contributed by atoms with Gasteiger partial charge in [0.1, 0.15) is 0 Å². The van der Waals surface area contributed by atoms with Crippen LogP contribution >= 0.6 is 0 Å². The highest BCUT2D eigenvalue weighted by Crippen LogP contribution is 2.76. The van der Waals surface area contributed by atoms with Crippen molar-refractivity contribution >= 4 is 0 Å². The number of fused-ring (bicyclic) bond motifs is 5. The second-order valence-corrected chi connectivity index (χ2v) is 15.6. The van der Waals surface area contributed by atoms with Gasteiger partial charge in [-0.15, -0.1) is 0 Å². The van der Waals surface area contributed by atoms with Crippen molar-refractivity contribution in [2.24, 2.45) is 39.4 Å². The Balaban J connectivity index is 1.52. The monoisotopic (exact) mass is 492 g/mol. The summed E-state index contributed by atoms with van der Waals surface area (Å²) in [5.41, 5.74) is -3.08. The molecule has 5 fully saturated rings. The molecule has 4 N–H and O–H groups in total. The molecular weight excluding hydrogens is 440 g/mol. The zero-order valence-corrected chi connectivity index (χ0v) is 23.5. The Kier molecular flexibility index (Phi) is 5.63. The lowest BCUT2D eigenvalue weighted by Crippen LogP contribution is -2.69. The third-order valence-corrected chi connectivity index (χ3v) is 13.4. The highest BCUT2D eigenvalue weighted by atomic mass is 16.5. The quantitative estimate of drug-likeness (QED) is 0.443. The number of rotatable bonds is 2. The summed E-state index contributed by atoms with van der Waals surface area (Å²) in [5.74, 6) is 0.553. The van der Waals surface area contributed by atoms with Gasteiger partial charge < -0.3 is 25.2 Å². The van der Waals surface area contributed by atoms with Gasteiger partial charge in [-0.25, -0.2) is 0 Å². The minimum absolute atomic E-state index is 0.00954. The van der Waals surface area contributed by atoms with Crippen LogP contribution in [0, 0.1) is 39.4 Å². The average Bonchev–Trinajstić information content (AvgIpc) is 3.29. The highest BCUT2D eigenvalue weighted by Gasteiger charge is 2.75. The maximum atomic E-state index is 12.5. The zero-order chi connectivity index (χ0) is 26.0. The molecule has 5 aliphatic rings. The molecule has 5 rings (SSSR count). The summed E-state index contributed by atoms with van der Waals surface area (Å²) >= 11 is 0. The summed E-state index contributed by atoms with van der Waals surface area (Å²) in [6.45, 7) is 17.3. The summed E-state index contributed by atoms with van der Waals surface area (Å²) in [7, 11) is 0. The van der Waals surface area contributed by atoms with Gasteiger partial charge >= 0.3 is 0 Å². The van der Waals surface area contributed by atoms with Gasteiger partial charge in [0.05, 0.1) is 35.1 Å². The number of ether oxygens (including phenoxy) is 1. The van der Waals surface area contributed by atoms with Crippen molar-refractivity contribution in [2.75, 3.05) is 0 Å². The van der Waals surface area contributed by atoms with Gasteiger partial charge in [0.15, 0.2) is 0 Å². The van der Waals surface area contributed by atoms with E-state index in [4.69, 9.17) is 4.74 Å². The fraction of sp³-hybridized carbons (Fsp3) is 1.00. The van der Waals surface area contributed by atoms with Crippen LogP contribution in [0.2, 0.25) is 0 Å². The number of aliphatic hydroxyl groups is 4. The van der Waals surface area contributed by atoms with Crippen molar-refractivity contribution in [2.45, 2.75) is 148 Å². The third-order valence-electron chi connectivity index (χ3n) is 13.4. The third kappa shape index (κ3) is 3.17. The molecule has 11 atom stereocenters. The lowest BCUT2D eigenvalue weighted by molar-refractivity contribution is -0.277. The molecule has 5 heteroatoms. The van der Waals surface area contributed by atoms with E-state index in [0.29, 0.717) is 31.1 Å². The molecule has 0 spiro atoms. The van der Waals surface area contributed by atoms with E-state index in [0.717, 1.165) is 38.5 Å². The molecular formula is C30H52O5. The summed E-state index contributed by atoms with van der Waals surface area (Å²) < 4.78 is 6.52. The lowest BCUT2D eigenvalue weighted by atomic mass is 9.35. The number of aliphatic hydroxyl groups excluding tert-OH is 2. The predicted octanol–water partition coefficient (Wildman–Crippen LogP) is 4.83. The molecule has 1 unspecified atom stereocenters. The first kappa shape index (κ1) is 26.4. The second-order valence-electron chi connectivity index (χ2n) is 15.6. The van der Waals surface area contributed by atoms with Gasteiger partial charge in [0, 0.05) is 5.92 Å². The van der Waals surface area contributed by atoms with Crippen LogP contribution in [0.4, 0.5) is 0 Å². The first-order valence-electron chi connectivity index (χ1n) is 14.4. The first-order chi connectivity index (χ1) is 15.9. The summed E-state index contributed by atoms with van der Waals surface area (Å²) in [6.07, 6.45) is 6.50. The molecule has 0 aromatic heterocycles. The molecule has 0 aromatic rings. The van der Waals surface area contributed by atoms with Crippen LogP contribution in [-0.2, 0) is 4.74 Å². The summed E-state index contributed by atoms with van der Waals surface area (Å²) in [5, 5.41) is 45.9. The fourth-order valence-electron chi connectivity index (χ4n) is 11.1. The number of hydrogen-bond donors (Lipinski definition) is 4. The second kappa shape index (κ2) is 7.46. The van der Waals surface area contributed by atoms with Gasteiger partial charge in [-0.2, -0.15) is 0 Å². The van der Waals surface area contributed by atoms with Crippen molar-refractivity contribution < 1.29 is 25.2 Å². The van der Waals surface area contributed by atoms with E-state index in [1.54, 1.807) is 13.8 Å². The van der Waals surface area contributed by atoms with Gasteiger partial charge in [-0.05, 0) is 112 Å². The molecule has 0 amide bonds. The minimum Gasteiger partial charge on any atom is -0.393 e. The Morgan fingerprint density at radius 1 is 0.771 bits per heavy atom. The smallest absolute Gasteiger partial charge is 0.0991 e. The van der Waals surface area contributed by atoms with Crippen molar-refractivity contribution in [3.05, 3.63) is 0 Å². The molecule has 35 heavy (non-hydrogen) atoms. The molecule has 4 aliphatic carbocycles. The topological polar surface area (TPSA) is 90.2 Å². The molecule has 0 aromatic carbocycles. The SMILES string of the molecule is CC(C)(O)[C@H]1CC[C@@](C)([C@@]2(O)CC[C@@]3(C)[C@@H]2[C@H](O)C[C@@H]2[C@@]4(C)CC[C@@H](O)C(C)(C)C4CC[C@]23C)O1. The van der Waals surface area contributed by atoms with Crippen LogP contribution in [0.25, 0.3) is 0 Å². The van der Waals surface area contributed by atoms with Crippen molar-refractivity contribution in [1.29, 1.82) is 0 Å². The van der Waals surface area contributed by atoms with Gasteiger partial charge in [0.2, 0.25) is 0 Å². The maximum Gasteiger partial charge on any atom is 0.0991 e. The standard InChI is InChI=1S/C30H52O5/c1-24(2)19-9-13-27(6)20(26(19,5)12-10-21(24)32)17-18(31)23-28(27,7)15-16-30(23,34)29(8)14-11-22(35-29)25(3,4)33/h18-23,31-34H,9-17H2,1-8H3/t18-,19?,20-,21-,22-,23+,26+,27-,28+,29+,30-/m1/s1. The Morgan fingerprint density at radius 3 is 2.03 bits per heavy atom. The van der Waals surface area contributed by atoms with E-state index in [2.05, 4.69) is 34.6 Å². The normalized spacial score (nSPS) is 57.9. The zero-order valence-electron chi connectivity index (χ0n) is 23.5. The van der Waals surface area contributed by atoms with E-state index in [9.17, 15) is 20.4 Å². The van der Waals surface area contributed by atoms with Crippen LogP contribution in [0.3, 0.4) is 0 Å². The van der Waals surface area contributed by atoms with E-state index in [-0.39, 0.29) is 39.8 Å². The highest BCUT2D eigenvalue weighted by molar-refractivity contribution is 5.25. The molecule has 1 saturated heterocycles. The van der Waals surface area contributed by atoms with Crippen LogP contribution in [0.15, 0.2) is 0 Å². The molecule has 0 bridgehead atoms. The van der Waals surface area contributed by atoms with Gasteiger partial charge in [-0.3, -0.25) is 0 Å². The van der Waals surface area contributed by atoms with Crippen molar-refractivity contribution in [1.82, 2.24) is 0 Å². The van der Waals surface area contributed by atoms with E-state index in [1.807, 2.05) is 6.92 Å². The first-order valence-corrected chi connectivity index (χ1v) is 14.4. The average molecular weight is 493 g/mol. The van der Waals surface area contributed by atoms with Crippen molar-refractivity contribution in [3.63, 3.8) is 0 Å². The fourth-order valence-corrected chi connectivity index (χ4v) is 11.1. The Hall–Kier alpha value is -0.200. The molecule has 5 nitrogen and oxygen atoms in total. The van der Waals surface area contributed by atoms with Gasteiger partial charge in [-0.1, -0.05) is 34.6 Å². The van der Waals surface area contributed by atoms with Crippen LogP contribution < -0.4 is 0 Å². The van der Waals surface area contributed by atoms with Crippen molar-refractivity contribution in [3.8, 4) is 0 Å².